The Morgan fingerprint density at radius 2 is 2.09 bits per heavy atom. The van der Waals surface area contributed by atoms with E-state index in [2.05, 4.69) is 12.2 Å². The maximum Gasteiger partial charge on any atom is 0.230 e. The number of ether oxygens (including phenoxy) is 2. The molecule has 120 valence electrons. The lowest BCUT2D eigenvalue weighted by atomic mass is 9.66. The van der Waals surface area contributed by atoms with E-state index in [4.69, 9.17) is 9.47 Å². The molecule has 2 fully saturated rings. The van der Waals surface area contributed by atoms with Crippen LogP contribution in [-0.4, -0.2) is 25.2 Å². The standard InChI is InChI=1S/C18H25NO3/c1-2-18(10-4-11-18)17(20)19-14-6-8-15(9-7-14)22-13-16-5-3-12-21-16/h6-9,16H,2-5,10-13H2,1H3,(H,19,20). The van der Waals surface area contributed by atoms with E-state index in [1.807, 2.05) is 24.3 Å². The number of carbonyl (C=O) groups excluding carboxylic acids is 1. The molecule has 3 rings (SSSR count). The molecule has 1 atom stereocenters. The molecule has 1 aromatic carbocycles. The summed E-state index contributed by atoms with van der Waals surface area (Å²) in [6, 6.07) is 7.63. The predicted molar refractivity (Wildman–Crippen MR) is 86.1 cm³/mol. The fraction of sp³-hybridized carbons (Fsp3) is 0.611. The fourth-order valence-corrected chi connectivity index (χ4v) is 3.21. The van der Waals surface area contributed by atoms with Crippen molar-refractivity contribution in [2.24, 2.45) is 5.41 Å². The number of carbonyl (C=O) groups is 1. The Bertz CT molecular complexity index is 496. The van der Waals surface area contributed by atoms with Gasteiger partial charge in [0.05, 0.1) is 6.10 Å². The minimum Gasteiger partial charge on any atom is -0.491 e. The first kappa shape index (κ1) is 15.3. The van der Waals surface area contributed by atoms with E-state index in [1.54, 1.807) is 0 Å². The van der Waals surface area contributed by atoms with Crippen molar-refractivity contribution in [2.45, 2.75) is 51.6 Å². The van der Waals surface area contributed by atoms with Crippen molar-refractivity contribution in [2.75, 3.05) is 18.5 Å². The van der Waals surface area contributed by atoms with Crippen LogP contribution < -0.4 is 10.1 Å². The Hall–Kier alpha value is -1.55. The molecule has 0 aromatic heterocycles. The zero-order valence-electron chi connectivity index (χ0n) is 13.3. The monoisotopic (exact) mass is 303 g/mol. The van der Waals surface area contributed by atoms with Crippen LogP contribution >= 0.6 is 0 Å². The molecule has 4 nitrogen and oxygen atoms in total. The number of hydrogen-bond donors (Lipinski definition) is 1. The molecular formula is C18H25NO3. The van der Waals surface area contributed by atoms with Gasteiger partial charge in [-0.25, -0.2) is 0 Å². The number of anilines is 1. The van der Waals surface area contributed by atoms with Gasteiger partial charge in [0.25, 0.3) is 0 Å². The first-order valence-corrected chi connectivity index (χ1v) is 8.38. The smallest absolute Gasteiger partial charge is 0.230 e. The lowest BCUT2D eigenvalue weighted by Gasteiger charge is -2.39. The topological polar surface area (TPSA) is 47.6 Å². The third kappa shape index (κ3) is 3.27. The largest absolute Gasteiger partial charge is 0.491 e. The summed E-state index contributed by atoms with van der Waals surface area (Å²) in [4.78, 5) is 12.4. The number of amides is 1. The van der Waals surface area contributed by atoms with Crippen molar-refractivity contribution in [1.82, 2.24) is 0 Å². The molecule has 1 aliphatic carbocycles. The van der Waals surface area contributed by atoms with Crippen LogP contribution in [0, 0.1) is 5.41 Å². The summed E-state index contributed by atoms with van der Waals surface area (Å²) in [6.07, 6.45) is 6.53. The van der Waals surface area contributed by atoms with E-state index in [9.17, 15) is 4.79 Å². The Morgan fingerprint density at radius 3 is 2.64 bits per heavy atom. The summed E-state index contributed by atoms with van der Waals surface area (Å²) in [7, 11) is 0. The van der Waals surface area contributed by atoms with E-state index in [-0.39, 0.29) is 17.4 Å². The third-order valence-corrected chi connectivity index (χ3v) is 5.04. The molecular weight excluding hydrogens is 278 g/mol. The van der Waals surface area contributed by atoms with Crippen LogP contribution in [0.3, 0.4) is 0 Å². The predicted octanol–water partition coefficient (Wildman–Crippen LogP) is 3.76. The summed E-state index contributed by atoms with van der Waals surface area (Å²) in [6.45, 7) is 3.55. The Kier molecular flexibility index (Phi) is 4.67. The van der Waals surface area contributed by atoms with E-state index in [0.717, 1.165) is 56.6 Å². The summed E-state index contributed by atoms with van der Waals surface area (Å²) in [5.74, 6) is 0.983. The average Bonchev–Trinajstić information content (AvgIpc) is 2.99. The summed E-state index contributed by atoms with van der Waals surface area (Å²) in [5, 5.41) is 3.04. The van der Waals surface area contributed by atoms with Gasteiger partial charge in [0.15, 0.2) is 0 Å². The van der Waals surface area contributed by atoms with Gasteiger partial charge in [0, 0.05) is 17.7 Å². The summed E-state index contributed by atoms with van der Waals surface area (Å²) >= 11 is 0. The third-order valence-electron chi connectivity index (χ3n) is 5.04. The molecule has 0 spiro atoms. The van der Waals surface area contributed by atoms with Gasteiger partial charge >= 0.3 is 0 Å². The zero-order valence-corrected chi connectivity index (χ0v) is 13.3. The number of rotatable bonds is 6. The second kappa shape index (κ2) is 6.69. The van der Waals surface area contributed by atoms with Gasteiger partial charge in [-0.3, -0.25) is 4.79 Å². The molecule has 1 amide bonds. The van der Waals surface area contributed by atoms with E-state index < -0.39 is 0 Å². The highest BCUT2D eigenvalue weighted by Crippen LogP contribution is 2.44. The SMILES string of the molecule is CCC1(C(=O)Nc2ccc(OCC3CCCO3)cc2)CCC1. The molecule has 2 aliphatic rings. The molecule has 1 saturated carbocycles. The molecule has 0 bridgehead atoms. The maximum atomic E-state index is 12.4. The van der Waals surface area contributed by atoms with E-state index in [1.165, 1.54) is 0 Å². The quantitative estimate of drug-likeness (QED) is 0.870. The molecule has 1 aromatic rings. The highest BCUT2D eigenvalue weighted by Gasteiger charge is 2.42. The molecule has 1 aliphatic heterocycles. The van der Waals surface area contributed by atoms with Crippen LogP contribution in [-0.2, 0) is 9.53 Å². The van der Waals surface area contributed by atoms with Gasteiger partial charge in [-0.15, -0.1) is 0 Å². The minimum absolute atomic E-state index is 0.130. The maximum absolute atomic E-state index is 12.4. The normalized spacial score (nSPS) is 22.9. The van der Waals surface area contributed by atoms with Crippen LogP contribution in [0.4, 0.5) is 5.69 Å². The Balaban J connectivity index is 1.51. The molecule has 1 unspecified atom stereocenters. The summed E-state index contributed by atoms with van der Waals surface area (Å²) < 4.78 is 11.3. The van der Waals surface area contributed by atoms with Gasteiger partial charge in [-0.2, -0.15) is 0 Å². The van der Waals surface area contributed by atoms with Crippen LogP contribution in [0.15, 0.2) is 24.3 Å². The molecule has 1 saturated heterocycles. The number of benzene rings is 1. The van der Waals surface area contributed by atoms with Crippen LogP contribution in [0.5, 0.6) is 5.75 Å². The van der Waals surface area contributed by atoms with Gasteiger partial charge < -0.3 is 14.8 Å². The molecule has 4 heteroatoms. The van der Waals surface area contributed by atoms with Crippen molar-refractivity contribution in [3.8, 4) is 5.75 Å². The summed E-state index contributed by atoms with van der Waals surface area (Å²) in [5.41, 5.74) is 0.712. The Labute approximate surface area is 132 Å². The first-order chi connectivity index (χ1) is 10.7. The first-order valence-electron chi connectivity index (χ1n) is 8.38. The van der Waals surface area contributed by atoms with Crippen molar-refractivity contribution in [1.29, 1.82) is 0 Å². The van der Waals surface area contributed by atoms with Gasteiger partial charge in [0.2, 0.25) is 5.91 Å². The van der Waals surface area contributed by atoms with Crippen molar-refractivity contribution in [3.05, 3.63) is 24.3 Å². The van der Waals surface area contributed by atoms with E-state index >= 15 is 0 Å². The van der Waals surface area contributed by atoms with Gasteiger partial charge in [-0.05, 0) is 56.4 Å². The van der Waals surface area contributed by atoms with Crippen molar-refractivity contribution < 1.29 is 14.3 Å². The Morgan fingerprint density at radius 1 is 1.32 bits per heavy atom. The molecule has 0 radical (unpaired) electrons. The van der Waals surface area contributed by atoms with Crippen molar-refractivity contribution >= 4 is 11.6 Å². The molecule has 1 N–H and O–H groups in total. The highest BCUT2D eigenvalue weighted by molar-refractivity contribution is 5.95. The van der Waals surface area contributed by atoms with Gasteiger partial charge in [0.1, 0.15) is 12.4 Å². The van der Waals surface area contributed by atoms with E-state index in [0.29, 0.717) is 6.61 Å². The average molecular weight is 303 g/mol. The van der Waals surface area contributed by atoms with Crippen LogP contribution in [0.2, 0.25) is 0 Å². The highest BCUT2D eigenvalue weighted by atomic mass is 16.5. The second-order valence-corrected chi connectivity index (χ2v) is 6.41. The van der Waals surface area contributed by atoms with Gasteiger partial charge in [-0.1, -0.05) is 13.3 Å². The van der Waals surface area contributed by atoms with Crippen LogP contribution in [0.1, 0.15) is 45.4 Å². The minimum atomic E-state index is -0.130. The number of nitrogens with one attached hydrogen (secondary N) is 1. The lowest BCUT2D eigenvalue weighted by molar-refractivity contribution is -0.130. The lowest BCUT2D eigenvalue weighted by Crippen LogP contribution is -2.41. The molecule has 22 heavy (non-hydrogen) atoms. The second-order valence-electron chi connectivity index (χ2n) is 6.41. The number of hydrogen-bond acceptors (Lipinski definition) is 3. The van der Waals surface area contributed by atoms with Crippen molar-refractivity contribution in [3.63, 3.8) is 0 Å². The fourth-order valence-electron chi connectivity index (χ4n) is 3.21. The van der Waals surface area contributed by atoms with Crippen LogP contribution in [0.25, 0.3) is 0 Å². The zero-order chi connectivity index (χ0) is 15.4. The molecule has 1 heterocycles.